The number of carbonyl (C=O) groups is 2. The maximum Gasteiger partial charge on any atom is 0.472 e. The molecule has 390 valence electrons. The number of amides is 1. The predicted molar refractivity (Wildman–Crippen MR) is 290 cm³/mol. The van der Waals surface area contributed by atoms with Crippen LogP contribution in [-0.2, 0) is 27.9 Å². The van der Waals surface area contributed by atoms with E-state index in [1.165, 1.54) is 89.9 Å². The van der Waals surface area contributed by atoms with Crippen LogP contribution in [0.4, 0.5) is 0 Å². The highest BCUT2D eigenvalue weighted by molar-refractivity contribution is 7.47. The number of esters is 1. The SMILES string of the molecule is CC\C=C/C=C/C=C/C=C\C=C\C=C\CCCCCC(=O)OC(/C=C/CCCCCCCCCCC)C(COP(=O)(O)OCC[N+](C)(C)C)NC(=O)CCCCC/C=C\CCCCCCCCC. The van der Waals surface area contributed by atoms with Gasteiger partial charge in [0.2, 0.25) is 5.91 Å². The fourth-order valence-corrected chi connectivity index (χ4v) is 7.94. The van der Waals surface area contributed by atoms with Crippen molar-refractivity contribution >= 4 is 19.7 Å². The number of likely N-dealkylation sites (N-methyl/N-ethyl adjacent to an activating group) is 1. The molecule has 10 heteroatoms. The Morgan fingerprint density at radius 2 is 0.956 bits per heavy atom. The molecule has 0 bridgehead atoms. The maximum absolute atomic E-state index is 13.4. The van der Waals surface area contributed by atoms with E-state index in [0.717, 1.165) is 70.6 Å². The molecule has 68 heavy (non-hydrogen) atoms. The van der Waals surface area contributed by atoms with Crippen LogP contribution in [0, 0.1) is 0 Å². The van der Waals surface area contributed by atoms with Crippen molar-refractivity contribution in [3.05, 3.63) is 97.2 Å². The molecule has 0 radical (unpaired) electrons. The fraction of sp³-hybridized carbons (Fsp3) is 0.690. The van der Waals surface area contributed by atoms with Crippen LogP contribution < -0.4 is 5.32 Å². The summed E-state index contributed by atoms with van der Waals surface area (Å²) in [6.07, 6.45) is 62.6. The molecule has 0 fully saturated rings. The van der Waals surface area contributed by atoms with Gasteiger partial charge in [0.05, 0.1) is 33.8 Å². The molecule has 0 saturated carbocycles. The number of ether oxygens (including phenoxy) is 1. The van der Waals surface area contributed by atoms with Crippen molar-refractivity contribution < 1.29 is 37.3 Å². The molecule has 0 aliphatic rings. The lowest BCUT2D eigenvalue weighted by Gasteiger charge is -2.27. The highest BCUT2D eigenvalue weighted by Crippen LogP contribution is 2.43. The summed E-state index contributed by atoms with van der Waals surface area (Å²) >= 11 is 0. The number of unbranched alkanes of at least 4 members (excludes halogenated alkanes) is 22. The monoisotopic (exact) mass is 970 g/mol. The van der Waals surface area contributed by atoms with Crippen LogP contribution in [0.2, 0.25) is 0 Å². The quantitative estimate of drug-likeness (QED) is 0.0156. The van der Waals surface area contributed by atoms with Gasteiger partial charge in [0.15, 0.2) is 0 Å². The number of carbonyl (C=O) groups excluding carboxylic acids is 2. The molecule has 0 heterocycles. The van der Waals surface area contributed by atoms with E-state index in [-0.39, 0.29) is 31.5 Å². The lowest BCUT2D eigenvalue weighted by atomic mass is 10.1. The Kier molecular flexibility index (Phi) is 45.5. The van der Waals surface area contributed by atoms with E-state index >= 15 is 0 Å². The first kappa shape index (κ1) is 64.9. The van der Waals surface area contributed by atoms with E-state index in [1.807, 2.05) is 94.1 Å². The zero-order chi connectivity index (χ0) is 50.1. The Balaban J connectivity index is 5.50. The molecule has 3 unspecified atom stereocenters. The van der Waals surface area contributed by atoms with Gasteiger partial charge >= 0.3 is 13.8 Å². The van der Waals surface area contributed by atoms with Gasteiger partial charge in [-0.3, -0.25) is 18.6 Å². The Morgan fingerprint density at radius 1 is 0.529 bits per heavy atom. The Morgan fingerprint density at radius 3 is 1.46 bits per heavy atom. The molecule has 2 N–H and O–H groups in total. The lowest BCUT2D eigenvalue weighted by molar-refractivity contribution is -0.870. The predicted octanol–water partition coefficient (Wildman–Crippen LogP) is 16.0. The second kappa shape index (κ2) is 47.6. The first-order valence-corrected chi connectivity index (χ1v) is 28.6. The standard InChI is InChI=1S/C58H101N2O7P/c1-7-10-13-16-19-22-25-27-29-30-31-33-36-39-42-45-48-51-58(62)67-56(49-46-43-40-37-34-24-21-18-15-12-9-3)55(54-66-68(63,64)65-53-52-60(4,5)6)59-57(61)50-47-44-41-38-35-32-28-26-23-20-17-14-11-8-2/h10,13,16,19,22,25,27,29-33,35-36,46,49,55-56H,7-9,11-12,14-15,17-18,20-21,23-24,26,28,34,37-45,47-48,50-54H2,1-6H3,(H-,59,61,63,64)/p+1/b13-10-,19-16+,25-22+,29-27-,31-30+,35-32-,36-33+,49-46+. The second-order valence-corrected chi connectivity index (χ2v) is 20.6. The van der Waals surface area contributed by atoms with Crippen molar-refractivity contribution in [2.75, 3.05) is 40.9 Å². The number of nitrogens with one attached hydrogen (secondary N) is 1. The minimum Gasteiger partial charge on any atom is -0.456 e. The first-order chi connectivity index (χ1) is 32.9. The number of allylic oxidation sites excluding steroid dienone is 15. The highest BCUT2D eigenvalue weighted by atomic mass is 31.2. The summed E-state index contributed by atoms with van der Waals surface area (Å²) in [6.45, 7) is 6.78. The summed E-state index contributed by atoms with van der Waals surface area (Å²) < 4.78 is 30.5. The van der Waals surface area contributed by atoms with E-state index in [2.05, 4.69) is 50.4 Å². The minimum absolute atomic E-state index is 0.0251. The molecule has 0 aromatic rings. The van der Waals surface area contributed by atoms with Gasteiger partial charge in [0.25, 0.3) is 0 Å². The van der Waals surface area contributed by atoms with Gasteiger partial charge in [0, 0.05) is 12.8 Å². The first-order valence-electron chi connectivity index (χ1n) is 27.1. The zero-order valence-electron chi connectivity index (χ0n) is 44.3. The van der Waals surface area contributed by atoms with Crippen molar-refractivity contribution in [2.45, 2.75) is 219 Å². The molecule has 0 aromatic heterocycles. The third kappa shape index (κ3) is 48.0. The molecule has 0 rings (SSSR count). The van der Waals surface area contributed by atoms with Gasteiger partial charge in [-0.15, -0.1) is 0 Å². The molecule has 0 aromatic carbocycles. The topological polar surface area (TPSA) is 111 Å². The molecular formula is C58H102N2O7P+. The average molecular weight is 970 g/mol. The van der Waals surface area contributed by atoms with Crippen LogP contribution in [0.15, 0.2) is 97.2 Å². The molecule has 0 aliphatic carbocycles. The van der Waals surface area contributed by atoms with Crippen molar-refractivity contribution in [1.82, 2.24) is 5.32 Å². The van der Waals surface area contributed by atoms with Gasteiger partial charge in [-0.1, -0.05) is 215 Å². The van der Waals surface area contributed by atoms with E-state index in [0.29, 0.717) is 30.3 Å². The van der Waals surface area contributed by atoms with E-state index in [4.69, 9.17) is 13.8 Å². The van der Waals surface area contributed by atoms with Crippen LogP contribution in [0.5, 0.6) is 0 Å². The number of hydrogen-bond acceptors (Lipinski definition) is 6. The summed E-state index contributed by atoms with van der Waals surface area (Å²) in [5.41, 5.74) is 0. The third-order valence-corrected chi connectivity index (χ3v) is 12.4. The summed E-state index contributed by atoms with van der Waals surface area (Å²) in [4.78, 5) is 37.5. The summed E-state index contributed by atoms with van der Waals surface area (Å²) in [7, 11) is 1.44. The summed E-state index contributed by atoms with van der Waals surface area (Å²) in [6, 6.07) is -0.878. The molecule has 1 amide bonds. The van der Waals surface area contributed by atoms with E-state index < -0.39 is 20.0 Å². The Hall–Kier alpha value is -3.07. The van der Waals surface area contributed by atoms with Crippen molar-refractivity contribution in [3.8, 4) is 0 Å². The molecular weight excluding hydrogens is 868 g/mol. The second-order valence-electron chi connectivity index (χ2n) is 19.2. The number of phosphoric acid groups is 1. The van der Waals surface area contributed by atoms with Crippen LogP contribution >= 0.6 is 7.82 Å². The fourth-order valence-electron chi connectivity index (χ4n) is 7.20. The van der Waals surface area contributed by atoms with Gasteiger partial charge in [-0.05, 0) is 76.7 Å². The summed E-state index contributed by atoms with van der Waals surface area (Å²) in [5, 5.41) is 3.01. The van der Waals surface area contributed by atoms with Crippen LogP contribution in [0.25, 0.3) is 0 Å². The number of phosphoric ester groups is 1. The number of quaternary nitrogens is 1. The molecule has 0 saturated heterocycles. The Bertz CT molecular complexity index is 1490. The van der Waals surface area contributed by atoms with Gasteiger partial charge in [-0.25, -0.2) is 4.57 Å². The van der Waals surface area contributed by atoms with Crippen molar-refractivity contribution in [3.63, 3.8) is 0 Å². The van der Waals surface area contributed by atoms with Gasteiger partial charge in [0.1, 0.15) is 19.3 Å². The van der Waals surface area contributed by atoms with Crippen LogP contribution in [-0.4, -0.2) is 74.3 Å². The van der Waals surface area contributed by atoms with Gasteiger partial charge in [-0.2, -0.15) is 0 Å². The smallest absolute Gasteiger partial charge is 0.456 e. The van der Waals surface area contributed by atoms with Crippen LogP contribution in [0.3, 0.4) is 0 Å². The highest BCUT2D eigenvalue weighted by Gasteiger charge is 2.30. The van der Waals surface area contributed by atoms with Crippen molar-refractivity contribution in [2.24, 2.45) is 0 Å². The Labute approximate surface area is 418 Å². The number of rotatable bonds is 47. The molecule has 9 nitrogen and oxygen atoms in total. The van der Waals surface area contributed by atoms with E-state index in [9.17, 15) is 19.0 Å². The molecule has 3 atom stereocenters. The number of hydrogen-bond donors (Lipinski definition) is 2. The van der Waals surface area contributed by atoms with Crippen LogP contribution in [0.1, 0.15) is 207 Å². The lowest BCUT2D eigenvalue weighted by Crippen LogP contribution is -2.47. The molecule has 0 aliphatic heterocycles. The van der Waals surface area contributed by atoms with Gasteiger partial charge < -0.3 is 19.4 Å². The minimum atomic E-state index is -4.46. The largest absolute Gasteiger partial charge is 0.472 e. The van der Waals surface area contributed by atoms with E-state index in [1.54, 1.807) is 0 Å². The average Bonchev–Trinajstić information content (AvgIpc) is 3.29. The summed E-state index contributed by atoms with van der Waals surface area (Å²) in [5.74, 6) is -0.583. The normalized spacial score (nSPS) is 14.6. The number of nitrogens with zero attached hydrogens (tertiary/aromatic N) is 1. The van der Waals surface area contributed by atoms with Crippen molar-refractivity contribution in [1.29, 1.82) is 0 Å². The zero-order valence-corrected chi connectivity index (χ0v) is 45.2. The molecule has 0 spiro atoms. The third-order valence-electron chi connectivity index (χ3n) is 11.4. The maximum atomic E-state index is 13.4.